The molecule has 0 amide bonds. The van der Waals surface area contributed by atoms with Gasteiger partial charge in [0, 0.05) is 13.0 Å². The minimum atomic E-state index is -4.61. The van der Waals surface area contributed by atoms with Gasteiger partial charge >= 0.3 is 12.4 Å². The molecule has 0 aliphatic carbocycles. The fourth-order valence-corrected chi connectivity index (χ4v) is 1.68. The van der Waals surface area contributed by atoms with Crippen molar-refractivity contribution in [3.05, 3.63) is 28.8 Å². The highest BCUT2D eigenvalue weighted by Crippen LogP contribution is 2.38. The van der Waals surface area contributed by atoms with Gasteiger partial charge in [0.25, 0.3) is 0 Å². The Morgan fingerprint density at radius 1 is 1.05 bits per heavy atom. The zero-order valence-electron chi connectivity index (χ0n) is 9.50. The molecule has 8 heteroatoms. The standard InChI is InChI=1S/C11H10ClF6N/c12-8-4-1-3-7(11(16,17)18)9(8)19-6-2-5-10(13,14)15/h1,3-4,19H,2,5-6H2. The highest BCUT2D eigenvalue weighted by atomic mass is 35.5. The molecule has 0 fully saturated rings. The van der Waals surface area contributed by atoms with E-state index in [1.807, 2.05) is 0 Å². The molecule has 0 bridgehead atoms. The minimum Gasteiger partial charge on any atom is -0.383 e. The summed E-state index contributed by atoms with van der Waals surface area (Å²) >= 11 is 5.62. The molecule has 0 radical (unpaired) electrons. The average molecular weight is 306 g/mol. The third-order valence-corrected chi connectivity index (χ3v) is 2.57. The van der Waals surface area contributed by atoms with Gasteiger partial charge in [0.2, 0.25) is 0 Å². The van der Waals surface area contributed by atoms with E-state index < -0.39 is 24.3 Å². The second kappa shape index (κ2) is 5.90. The molecular formula is C11H10ClF6N. The lowest BCUT2D eigenvalue weighted by Crippen LogP contribution is -2.14. The molecule has 1 rings (SSSR count). The summed E-state index contributed by atoms with van der Waals surface area (Å²) in [6.07, 6.45) is -10.3. The van der Waals surface area contributed by atoms with Crippen molar-refractivity contribution in [3.63, 3.8) is 0 Å². The molecule has 0 spiro atoms. The Labute approximate surface area is 110 Å². The Morgan fingerprint density at radius 3 is 2.21 bits per heavy atom. The summed E-state index contributed by atoms with van der Waals surface area (Å²) in [5.74, 6) is 0. The van der Waals surface area contributed by atoms with Crippen LogP contribution in [-0.2, 0) is 6.18 Å². The first-order valence-electron chi connectivity index (χ1n) is 5.27. The summed E-state index contributed by atoms with van der Waals surface area (Å²) in [6, 6.07) is 3.19. The predicted octanol–water partition coefficient (Wildman–Crippen LogP) is 5.11. The van der Waals surface area contributed by atoms with E-state index in [4.69, 9.17) is 11.6 Å². The van der Waals surface area contributed by atoms with Crippen molar-refractivity contribution in [2.75, 3.05) is 11.9 Å². The van der Waals surface area contributed by atoms with Crippen LogP contribution >= 0.6 is 11.6 Å². The zero-order valence-corrected chi connectivity index (χ0v) is 10.3. The van der Waals surface area contributed by atoms with Crippen LogP contribution in [0.15, 0.2) is 18.2 Å². The van der Waals surface area contributed by atoms with Gasteiger partial charge in [-0.3, -0.25) is 0 Å². The molecule has 108 valence electrons. The number of nitrogens with one attached hydrogen (secondary N) is 1. The number of halogens is 7. The maximum atomic E-state index is 12.6. The van der Waals surface area contributed by atoms with Crippen LogP contribution in [0.3, 0.4) is 0 Å². The van der Waals surface area contributed by atoms with E-state index in [1.54, 1.807) is 0 Å². The normalized spacial score (nSPS) is 12.6. The van der Waals surface area contributed by atoms with Crippen molar-refractivity contribution >= 4 is 17.3 Å². The fourth-order valence-electron chi connectivity index (χ4n) is 1.44. The van der Waals surface area contributed by atoms with Gasteiger partial charge in [-0.1, -0.05) is 17.7 Å². The van der Waals surface area contributed by atoms with Gasteiger partial charge in [-0.05, 0) is 18.6 Å². The lowest BCUT2D eigenvalue weighted by atomic mass is 10.1. The number of hydrogen-bond acceptors (Lipinski definition) is 1. The molecule has 0 aliphatic rings. The topological polar surface area (TPSA) is 12.0 Å². The predicted molar refractivity (Wildman–Crippen MR) is 60.2 cm³/mol. The molecule has 0 heterocycles. The Balaban J connectivity index is 2.73. The lowest BCUT2D eigenvalue weighted by Gasteiger charge is -2.16. The van der Waals surface area contributed by atoms with E-state index in [1.165, 1.54) is 6.07 Å². The fraction of sp³-hybridized carbons (Fsp3) is 0.455. The summed E-state index contributed by atoms with van der Waals surface area (Å²) < 4.78 is 73.6. The van der Waals surface area contributed by atoms with Crippen LogP contribution in [0, 0.1) is 0 Å². The van der Waals surface area contributed by atoms with E-state index in [0.717, 1.165) is 12.1 Å². The smallest absolute Gasteiger partial charge is 0.383 e. The third-order valence-electron chi connectivity index (χ3n) is 2.26. The largest absolute Gasteiger partial charge is 0.418 e. The Morgan fingerprint density at radius 2 is 1.68 bits per heavy atom. The highest BCUT2D eigenvalue weighted by Gasteiger charge is 2.34. The van der Waals surface area contributed by atoms with Gasteiger partial charge < -0.3 is 5.32 Å². The van der Waals surface area contributed by atoms with Crippen molar-refractivity contribution < 1.29 is 26.3 Å². The van der Waals surface area contributed by atoms with Crippen molar-refractivity contribution in [2.24, 2.45) is 0 Å². The number of hydrogen-bond donors (Lipinski definition) is 1. The molecule has 0 saturated carbocycles. The first-order valence-corrected chi connectivity index (χ1v) is 5.65. The highest BCUT2D eigenvalue weighted by molar-refractivity contribution is 6.33. The average Bonchev–Trinajstić information content (AvgIpc) is 2.23. The van der Waals surface area contributed by atoms with E-state index in [0.29, 0.717) is 0 Å². The van der Waals surface area contributed by atoms with Gasteiger partial charge in [-0.15, -0.1) is 0 Å². The quantitative estimate of drug-likeness (QED) is 0.602. The van der Waals surface area contributed by atoms with E-state index in [-0.39, 0.29) is 23.7 Å². The van der Waals surface area contributed by atoms with Crippen molar-refractivity contribution in [2.45, 2.75) is 25.2 Å². The molecular weight excluding hydrogens is 296 g/mol. The van der Waals surface area contributed by atoms with Gasteiger partial charge in [-0.2, -0.15) is 26.3 Å². The van der Waals surface area contributed by atoms with Crippen LogP contribution in [0.25, 0.3) is 0 Å². The summed E-state index contributed by atoms with van der Waals surface area (Å²) in [5, 5.41) is 2.13. The molecule has 0 aromatic heterocycles. The number of alkyl halides is 6. The number of para-hydroxylation sites is 1. The first kappa shape index (κ1) is 15.9. The molecule has 19 heavy (non-hydrogen) atoms. The Bertz CT molecular complexity index is 426. The maximum absolute atomic E-state index is 12.6. The monoisotopic (exact) mass is 305 g/mol. The Hall–Kier alpha value is -1.11. The third kappa shape index (κ3) is 5.18. The zero-order chi connectivity index (χ0) is 14.7. The van der Waals surface area contributed by atoms with Crippen molar-refractivity contribution in [1.29, 1.82) is 0 Å². The first-order chi connectivity index (χ1) is 8.61. The van der Waals surface area contributed by atoms with Crippen LogP contribution < -0.4 is 5.32 Å². The minimum absolute atomic E-state index is 0.179. The summed E-state index contributed by atoms with van der Waals surface area (Å²) in [6.45, 7) is -0.244. The lowest BCUT2D eigenvalue weighted by molar-refractivity contribution is -0.137. The van der Waals surface area contributed by atoms with E-state index in [2.05, 4.69) is 5.32 Å². The van der Waals surface area contributed by atoms with Crippen LogP contribution in [0.4, 0.5) is 32.0 Å². The van der Waals surface area contributed by atoms with Crippen LogP contribution in [0.2, 0.25) is 5.02 Å². The summed E-state index contributed by atoms with van der Waals surface area (Å²) in [5.41, 5.74) is -1.38. The SMILES string of the molecule is FC(F)(F)CCCNc1c(Cl)cccc1C(F)(F)F. The van der Waals surface area contributed by atoms with Crippen molar-refractivity contribution in [3.8, 4) is 0 Å². The number of benzene rings is 1. The van der Waals surface area contributed by atoms with E-state index >= 15 is 0 Å². The maximum Gasteiger partial charge on any atom is 0.418 e. The molecule has 1 N–H and O–H groups in total. The van der Waals surface area contributed by atoms with Crippen molar-refractivity contribution in [1.82, 2.24) is 0 Å². The van der Waals surface area contributed by atoms with Crippen LogP contribution in [0.1, 0.15) is 18.4 Å². The molecule has 1 aromatic rings. The molecule has 0 unspecified atom stereocenters. The van der Waals surface area contributed by atoms with Crippen LogP contribution in [0.5, 0.6) is 0 Å². The Kier molecular flexibility index (Phi) is 4.95. The number of rotatable bonds is 4. The van der Waals surface area contributed by atoms with Gasteiger partial charge in [0.15, 0.2) is 0 Å². The summed E-state index contributed by atoms with van der Waals surface area (Å²) in [4.78, 5) is 0. The van der Waals surface area contributed by atoms with Crippen LogP contribution in [-0.4, -0.2) is 12.7 Å². The van der Waals surface area contributed by atoms with E-state index in [9.17, 15) is 26.3 Å². The van der Waals surface area contributed by atoms with Gasteiger partial charge in [0.05, 0.1) is 16.3 Å². The molecule has 1 nitrogen and oxygen atoms in total. The van der Waals surface area contributed by atoms with Gasteiger partial charge in [-0.25, -0.2) is 0 Å². The molecule has 0 aliphatic heterocycles. The van der Waals surface area contributed by atoms with Gasteiger partial charge in [0.1, 0.15) is 0 Å². The second-order valence-corrected chi connectivity index (χ2v) is 4.21. The second-order valence-electron chi connectivity index (χ2n) is 3.81. The molecule has 0 saturated heterocycles. The summed E-state index contributed by atoms with van der Waals surface area (Å²) in [7, 11) is 0. The molecule has 1 aromatic carbocycles. The number of anilines is 1. The molecule has 0 atom stereocenters.